The third-order valence-corrected chi connectivity index (χ3v) is 4.61. The summed E-state index contributed by atoms with van der Waals surface area (Å²) in [6.45, 7) is 3.90. The van der Waals surface area contributed by atoms with Crippen molar-refractivity contribution in [3.8, 4) is 0 Å². The normalized spacial score (nSPS) is 16.4. The first-order chi connectivity index (χ1) is 12.1. The van der Waals surface area contributed by atoms with Crippen LogP contribution in [0.25, 0.3) is 0 Å². The maximum Gasteiger partial charge on any atom is 0.251 e. The number of hydrogen-bond acceptors (Lipinski definition) is 3. The lowest BCUT2D eigenvalue weighted by atomic mass is 10.1. The third-order valence-electron chi connectivity index (χ3n) is 4.18. The van der Waals surface area contributed by atoms with Crippen molar-refractivity contribution >= 4 is 29.1 Å². The number of halogens is 2. The van der Waals surface area contributed by atoms with Gasteiger partial charge in [-0.2, -0.15) is 0 Å². The topological polar surface area (TPSA) is 41.6 Å². The summed E-state index contributed by atoms with van der Waals surface area (Å²) in [6, 6.07) is 14.7. The van der Waals surface area contributed by atoms with E-state index in [0.717, 1.165) is 38.4 Å². The van der Waals surface area contributed by atoms with Gasteiger partial charge in [-0.1, -0.05) is 53.5 Å². The molecule has 1 fully saturated rings. The SMILES string of the molecule is O=C(NC(CN1CCOCC1)c1ccccc1)c1cc(Cl)cc(Cl)c1. The molecule has 1 N–H and O–H groups in total. The maximum atomic E-state index is 12.7. The quantitative estimate of drug-likeness (QED) is 0.860. The van der Waals surface area contributed by atoms with E-state index in [1.807, 2.05) is 30.3 Å². The molecule has 0 aliphatic carbocycles. The first kappa shape index (κ1) is 18.2. The van der Waals surface area contributed by atoms with Crippen LogP contribution in [0, 0.1) is 0 Å². The van der Waals surface area contributed by atoms with Crippen LogP contribution in [0.5, 0.6) is 0 Å². The number of rotatable bonds is 5. The van der Waals surface area contributed by atoms with Crippen molar-refractivity contribution in [1.82, 2.24) is 10.2 Å². The number of nitrogens with zero attached hydrogens (tertiary/aromatic N) is 1. The van der Waals surface area contributed by atoms with Gasteiger partial charge in [0.2, 0.25) is 0 Å². The highest BCUT2D eigenvalue weighted by Gasteiger charge is 2.21. The molecule has 0 radical (unpaired) electrons. The highest BCUT2D eigenvalue weighted by Crippen LogP contribution is 2.21. The molecule has 6 heteroatoms. The molecule has 1 heterocycles. The number of hydrogen-bond donors (Lipinski definition) is 1. The molecule has 0 aromatic heterocycles. The summed E-state index contributed by atoms with van der Waals surface area (Å²) in [4.78, 5) is 15.0. The number of benzene rings is 2. The van der Waals surface area contributed by atoms with E-state index in [2.05, 4.69) is 10.2 Å². The molecular weight excluding hydrogens is 359 g/mol. The molecule has 1 atom stereocenters. The summed E-state index contributed by atoms with van der Waals surface area (Å²) >= 11 is 12.0. The molecule has 0 spiro atoms. The van der Waals surface area contributed by atoms with Gasteiger partial charge in [-0.3, -0.25) is 9.69 Å². The van der Waals surface area contributed by atoms with Gasteiger partial charge in [-0.15, -0.1) is 0 Å². The van der Waals surface area contributed by atoms with Gasteiger partial charge in [-0.05, 0) is 23.8 Å². The first-order valence-corrected chi connectivity index (χ1v) is 8.99. The predicted octanol–water partition coefficient (Wildman–Crippen LogP) is 3.80. The van der Waals surface area contributed by atoms with Crippen LogP contribution in [0.3, 0.4) is 0 Å². The number of morpholine rings is 1. The van der Waals surface area contributed by atoms with Gasteiger partial charge >= 0.3 is 0 Å². The van der Waals surface area contributed by atoms with Crippen LogP contribution in [-0.4, -0.2) is 43.7 Å². The molecule has 2 aromatic rings. The lowest BCUT2D eigenvalue weighted by Crippen LogP contribution is -2.43. The molecule has 1 amide bonds. The van der Waals surface area contributed by atoms with Crippen molar-refractivity contribution in [3.05, 3.63) is 69.7 Å². The Labute approximate surface area is 157 Å². The van der Waals surface area contributed by atoms with Crippen molar-refractivity contribution < 1.29 is 9.53 Å². The second-order valence-electron chi connectivity index (χ2n) is 6.01. The van der Waals surface area contributed by atoms with Crippen LogP contribution in [0.1, 0.15) is 22.0 Å². The van der Waals surface area contributed by atoms with Crippen LogP contribution < -0.4 is 5.32 Å². The molecule has 1 aliphatic rings. The highest BCUT2D eigenvalue weighted by atomic mass is 35.5. The Morgan fingerprint density at radius 2 is 1.72 bits per heavy atom. The smallest absolute Gasteiger partial charge is 0.251 e. The zero-order valence-corrected chi connectivity index (χ0v) is 15.3. The van der Waals surface area contributed by atoms with Crippen LogP contribution in [0.4, 0.5) is 0 Å². The number of ether oxygens (including phenoxy) is 1. The molecule has 3 rings (SSSR count). The van der Waals surface area contributed by atoms with Crippen LogP contribution in [0.2, 0.25) is 10.0 Å². The third kappa shape index (κ3) is 5.19. The lowest BCUT2D eigenvalue weighted by Gasteiger charge is -2.31. The molecule has 0 saturated carbocycles. The molecule has 25 heavy (non-hydrogen) atoms. The second-order valence-corrected chi connectivity index (χ2v) is 6.88. The zero-order valence-electron chi connectivity index (χ0n) is 13.8. The summed E-state index contributed by atoms with van der Waals surface area (Å²) in [7, 11) is 0. The van der Waals surface area contributed by atoms with E-state index in [-0.39, 0.29) is 11.9 Å². The molecule has 2 aromatic carbocycles. The minimum absolute atomic E-state index is 0.121. The number of amides is 1. The number of nitrogens with one attached hydrogen (secondary N) is 1. The fourth-order valence-electron chi connectivity index (χ4n) is 2.89. The monoisotopic (exact) mass is 378 g/mol. The zero-order chi connectivity index (χ0) is 17.6. The summed E-state index contributed by atoms with van der Waals surface area (Å²) in [5.41, 5.74) is 1.52. The Morgan fingerprint density at radius 3 is 2.36 bits per heavy atom. The number of carbonyl (C=O) groups is 1. The molecule has 1 aliphatic heterocycles. The average molecular weight is 379 g/mol. The van der Waals surface area contributed by atoms with E-state index in [1.165, 1.54) is 0 Å². The number of carbonyl (C=O) groups excluding carboxylic acids is 1. The van der Waals surface area contributed by atoms with Gasteiger partial charge in [0.1, 0.15) is 0 Å². The van der Waals surface area contributed by atoms with Gasteiger partial charge in [0.25, 0.3) is 5.91 Å². The fourth-order valence-corrected chi connectivity index (χ4v) is 3.41. The van der Waals surface area contributed by atoms with Crippen molar-refractivity contribution in [2.45, 2.75) is 6.04 Å². The van der Waals surface area contributed by atoms with Crippen LogP contribution in [-0.2, 0) is 4.74 Å². The van der Waals surface area contributed by atoms with Crippen molar-refractivity contribution in [1.29, 1.82) is 0 Å². The Kier molecular flexibility index (Phi) is 6.32. The van der Waals surface area contributed by atoms with Gasteiger partial charge in [0, 0.05) is 35.2 Å². The van der Waals surface area contributed by atoms with Crippen molar-refractivity contribution in [3.63, 3.8) is 0 Å². The fraction of sp³-hybridized carbons (Fsp3) is 0.316. The first-order valence-electron chi connectivity index (χ1n) is 8.24. The highest BCUT2D eigenvalue weighted by molar-refractivity contribution is 6.35. The molecule has 0 bridgehead atoms. The summed E-state index contributed by atoms with van der Waals surface area (Å²) in [5.74, 6) is -0.188. The Morgan fingerprint density at radius 1 is 1.08 bits per heavy atom. The molecule has 132 valence electrons. The molecule has 1 unspecified atom stereocenters. The van der Waals surface area contributed by atoms with E-state index < -0.39 is 0 Å². The van der Waals surface area contributed by atoms with Gasteiger partial charge < -0.3 is 10.1 Å². The lowest BCUT2D eigenvalue weighted by molar-refractivity contribution is 0.0332. The molecule has 4 nitrogen and oxygen atoms in total. The van der Waals surface area contributed by atoms with Gasteiger partial charge in [-0.25, -0.2) is 0 Å². The Bertz CT molecular complexity index is 698. The van der Waals surface area contributed by atoms with E-state index in [0.29, 0.717) is 15.6 Å². The molecule has 1 saturated heterocycles. The van der Waals surface area contributed by atoms with E-state index in [4.69, 9.17) is 27.9 Å². The van der Waals surface area contributed by atoms with Gasteiger partial charge in [0.15, 0.2) is 0 Å². The van der Waals surface area contributed by atoms with Crippen molar-refractivity contribution in [2.75, 3.05) is 32.8 Å². The summed E-state index contributed by atoms with van der Waals surface area (Å²) < 4.78 is 5.41. The average Bonchev–Trinajstić information content (AvgIpc) is 2.62. The molecular formula is C19H20Cl2N2O2. The summed E-state index contributed by atoms with van der Waals surface area (Å²) in [6.07, 6.45) is 0. The van der Waals surface area contributed by atoms with E-state index >= 15 is 0 Å². The minimum Gasteiger partial charge on any atom is -0.379 e. The largest absolute Gasteiger partial charge is 0.379 e. The van der Waals surface area contributed by atoms with Crippen LogP contribution in [0.15, 0.2) is 48.5 Å². The predicted molar refractivity (Wildman–Crippen MR) is 100 cm³/mol. The Balaban J connectivity index is 1.77. The van der Waals surface area contributed by atoms with Gasteiger partial charge in [0.05, 0.1) is 19.3 Å². The van der Waals surface area contributed by atoms with Crippen LogP contribution >= 0.6 is 23.2 Å². The minimum atomic E-state index is -0.188. The van der Waals surface area contributed by atoms with E-state index in [9.17, 15) is 4.79 Å². The standard InChI is InChI=1S/C19H20Cl2N2O2/c20-16-10-15(11-17(21)12-16)19(24)22-18(14-4-2-1-3-5-14)13-23-6-8-25-9-7-23/h1-5,10-12,18H,6-9,13H2,(H,22,24). The van der Waals surface area contributed by atoms with Crippen molar-refractivity contribution in [2.24, 2.45) is 0 Å². The maximum absolute atomic E-state index is 12.7. The van der Waals surface area contributed by atoms with E-state index in [1.54, 1.807) is 18.2 Å². The second kappa shape index (κ2) is 8.68. The Hall–Kier alpha value is -1.59. The summed E-state index contributed by atoms with van der Waals surface area (Å²) in [5, 5.41) is 4.01.